The number of aliphatic hydroxyl groups is 1. The molecule has 4 aromatic rings. The van der Waals surface area contributed by atoms with Crippen LogP contribution in [-0.2, 0) is 18.3 Å². The summed E-state index contributed by atoms with van der Waals surface area (Å²) in [5, 5.41) is 20.1. The van der Waals surface area contributed by atoms with Crippen molar-refractivity contribution < 1.29 is 23.8 Å². The Hall–Kier alpha value is -3.94. The number of methoxy groups -OCH3 is 1. The topological polar surface area (TPSA) is 140 Å². The van der Waals surface area contributed by atoms with Crippen molar-refractivity contribution in [3.8, 4) is 28.3 Å². The molecule has 230 valence electrons. The van der Waals surface area contributed by atoms with Crippen molar-refractivity contribution in [2.75, 3.05) is 25.6 Å². The van der Waals surface area contributed by atoms with E-state index in [1.165, 1.54) is 27.1 Å². The lowest BCUT2D eigenvalue weighted by molar-refractivity contribution is -0.0281. The molecule has 3 N–H and O–H groups in total. The van der Waals surface area contributed by atoms with Crippen molar-refractivity contribution in [3.63, 3.8) is 0 Å². The van der Waals surface area contributed by atoms with Gasteiger partial charge in [-0.2, -0.15) is 5.10 Å². The zero-order valence-corrected chi connectivity index (χ0v) is 25.5. The van der Waals surface area contributed by atoms with Gasteiger partial charge in [0.2, 0.25) is 5.88 Å². The molecule has 2 atom stereocenters. The molecule has 0 radical (unpaired) electrons. The first-order chi connectivity index (χ1) is 21.1. The summed E-state index contributed by atoms with van der Waals surface area (Å²) in [5.74, 6) is -0.983. The molecular formula is C30H29Cl2FN6O5. The number of aryl methyl sites for hydroxylation is 2. The standard InChI is InChI=1S/C30H29Cl2FN6O5/c1-15-35-27(30(42)39(2)38-15)28(41)36-23-12-17(33)11-20(26(23)32)18-5-4-6-19(25(18)31)21-8-7-16(29(37-21)43-3)13-34-22-9-10-44-14-24(22)40/h4-8,11-12,22,24,34,40H,9-10,13-14H2,1-3H3,(H,36,41). The number of halogens is 3. The van der Waals surface area contributed by atoms with E-state index < -0.39 is 29.1 Å². The van der Waals surface area contributed by atoms with E-state index >= 15 is 0 Å². The van der Waals surface area contributed by atoms with Crippen LogP contribution in [0.15, 0.2) is 47.3 Å². The average Bonchev–Trinajstić information content (AvgIpc) is 3.00. The zero-order chi connectivity index (χ0) is 31.5. The first-order valence-corrected chi connectivity index (χ1v) is 14.4. The Morgan fingerprint density at radius 1 is 1.16 bits per heavy atom. The number of carbonyl (C=O) groups excluding carboxylic acids is 1. The van der Waals surface area contributed by atoms with Crippen molar-refractivity contribution in [1.82, 2.24) is 25.1 Å². The van der Waals surface area contributed by atoms with E-state index in [-0.39, 0.29) is 39.8 Å². The molecule has 2 aromatic heterocycles. The zero-order valence-electron chi connectivity index (χ0n) is 24.0. The van der Waals surface area contributed by atoms with Crippen LogP contribution in [-0.4, -0.2) is 63.2 Å². The van der Waals surface area contributed by atoms with Crippen LogP contribution in [0.4, 0.5) is 10.1 Å². The number of amides is 1. The number of benzene rings is 2. The molecule has 2 aromatic carbocycles. The van der Waals surface area contributed by atoms with Crippen LogP contribution in [0.1, 0.15) is 28.3 Å². The maximum absolute atomic E-state index is 14.9. The van der Waals surface area contributed by atoms with Gasteiger partial charge in [0.25, 0.3) is 11.5 Å². The van der Waals surface area contributed by atoms with Crippen LogP contribution in [0.5, 0.6) is 5.88 Å². The fraction of sp³-hybridized carbons (Fsp3) is 0.300. The maximum atomic E-state index is 14.9. The highest BCUT2D eigenvalue weighted by Crippen LogP contribution is 2.42. The van der Waals surface area contributed by atoms with Crippen LogP contribution < -0.4 is 20.9 Å². The number of nitrogens with zero attached hydrogens (tertiary/aromatic N) is 4. The molecule has 11 nitrogen and oxygen atoms in total. The molecule has 1 fully saturated rings. The summed E-state index contributed by atoms with van der Waals surface area (Å²) < 4.78 is 26.7. The number of hydrogen-bond donors (Lipinski definition) is 3. The van der Waals surface area contributed by atoms with Gasteiger partial charge in [0, 0.05) is 48.5 Å². The molecule has 1 aliphatic rings. The van der Waals surface area contributed by atoms with Crippen molar-refractivity contribution in [3.05, 3.63) is 85.8 Å². The molecule has 1 saturated heterocycles. The number of aromatic nitrogens is 4. The lowest BCUT2D eigenvalue weighted by atomic mass is 10.00. The second-order valence-electron chi connectivity index (χ2n) is 10.2. The van der Waals surface area contributed by atoms with Crippen LogP contribution in [0.3, 0.4) is 0 Å². The molecule has 2 unspecified atom stereocenters. The van der Waals surface area contributed by atoms with E-state index in [0.29, 0.717) is 42.3 Å². The molecule has 1 aliphatic heterocycles. The minimum absolute atomic E-state index is 0.00339. The number of hydrogen-bond acceptors (Lipinski definition) is 9. The average molecular weight is 644 g/mol. The highest BCUT2D eigenvalue weighted by molar-refractivity contribution is 6.39. The predicted molar refractivity (Wildman–Crippen MR) is 164 cm³/mol. The number of ether oxygens (including phenoxy) is 2. The summed E-state index contributed by atoms with van der Waals surface area (Å²) in [4.78, 5) is 33.9. The minimum Gasteiger partial charge on any atom is -0.481 e. The number of aliphatic hydroxyl groups excluding tert-OH is 1. The maximum Gasteiger partial charge on any atom is 0.298 e. The number of carbonyl (C=O) groups is 1. The summed E-state index contributed by atoms with van der Waals surface area (Å²) in [6, 6.07) is 10.9. The van der Waals surface area contributed by atoms with Crippen LogP contribution in [0, 0.1) is 12.7 Å². The summed E-state index contributed by atoms with van der Waals surface area (Å²) in [7, 11) is 2.90. The molecule has 14 heteroatoms. The molecule has 5 rings (SSSR count). The van der Waals surface area contributed by atoms with E-state index in [4.69, 9.17) is 32.7 Å². The van der Waals surface area contributed by atoms with E-state index in [0.717, 1.165) is 16.3 Å². The van der Waals surface area contributed by atoms with Gasteiger partial charge in [0.15, 0.2) is 5.69 Å². The summed E-state index contributed by atoms with van der Waals surface area (Å²) in [6.07, 6.45) is 0.0836. The third kappa shape index (κ3) is 6.59. The Morgan fingerprint density at radius 3 is 2.68 bits per heavy atom. The van der Waals surface area contributed by atoms with Crippen LogP contribution >= 0.6 is 23.2 Å². The highest BCUT2D eigenvalue weighted by atomic mass is 35.5. The number of rotatable bonds is 8. The fourth-order valence-electron chi connectivity index (χ4n) is 4.92. The van der Waals surface area contributed by atoms with Gasteiger partial charge in [-0.15, -0.1) is 0 Å². The third-order valence-electron chi connectivity index (χ3n) is 7.14. The Bertz CT molecular complexity index is 1790. The van der Waals surface area contributed by atoms with Gasteiger partial charge < -0.3 is 25.2 Å². The Morgan fingerprint density at radius 2 is 1.93 bits per heavy atom. The summed E-state index contributed by atoms with van der Waals surface area (Å²) in [6.45, 7) is 2.81. The van der Waals surface area contributed by atoms with Crippen molar-refractivity contribution >= 4 is 34.8 Å². The van der Waals surface area contributed by atoms with E-state index in [1.807, 2.05) is 6.07 Å². The minimum atomic E-state index is -0.869. The van der Waals surface area contributed by atoms with E-state index in [1.54, 1.807) is 24.3 Å². The molecule has 0 bridgehead atoms. The Labute approximate surface area is 262 Å². The van der Waals surface area contributed by atoms with Gasteiger partial charge in [-0.25, -0.2) is 19.0 Å². The van der Waals surface area contributed by atoms with E-state index in [9.17, 15) is 19.1 Å². The molecule has 0 aliphatic carbocycles. The van der Waals surface area contributed by atoms with E-state index in [2.05, 4.69) is 25.7 Å². The smallest absolute Gasteiger partial charge is 0.298 e. The molecular weight excluding hydrogens is 614 g/mol. The summed E-state index contributed by atoms with van der Waals surface area (Å²) >= 11 is 13.5. The SMILES string of the molecule is COc1nc(-c2cccc(-c3cc(F)cc(NC(=O)c4nc(C)nn(C)c4=O)c3Cl)c2Cl)ccc1CNC1CCOCC1O. The predicted octanol–water partition coefficient (Wildman–Crippen LogP) is 4.16. The molecule has 1 amide bonds. The van der Waals surface area contributed by atoms with Gasteiger partial charge in [0.05, 0.1) is 41.2 Å². The Kier molecular flexibility index (Phi) is 9.56. The largest absolute Gasteiger partial charge is 0.481 e. The summed E-state index contributed by atoms with van der Waals surface area (Å²) in [5.41, 5.74) is 1.21. The van der Waals surface area contributed by atoms with Crippen molar-refractivity contribution in [2.45, 2.75) is 32.0 Å². The van der Waals surface area contributed by atoms with Gasteiger partial charge in [-0.1, -0.05) is 47.5 Å². The van der Waals surface area contributed by atoms with Gasteiger partial charge in [0.1, 0.15) is 11.6 Å². The van der Waals surface area contributed by atoms with Crippen molar-refractivity contribution in [1.29, 1.82) is 0 Å². The monoisotopic (exact) mass is 642 g/mol. The van der Waals surface area contributed by atoms with Gasteiger partial charge in [-0.3, -0.25) is 9.59 Å². The first kappa shape index (κ1) is 31.5. The van der Waals surface area contributed by atoms with Crippen LogP contribution in [0.25, 0.3) is 22.4 Å². The molecule has 44 heavy (non-hydrogen) atoms. The number of nitrogens with one attached hydrogen (secondary N) is 2. The lowest BCUT2D eigenvalue weighted by Crippen LogP contribution is -2.46. The van der Waals surface area contributed by atoms with Gasteiger partial charge in [-0.05, 0) is 31.5 Å². The molecule has 0 spiro atoms. The molecule has 3 heterocycles. The third-order valence-corrected chi connectivity index (χ3v) is 7.96. The molecule has 0 saturated carbocycles. The Balaban J connectivity index is 1.45. The fourth-order valence-corrected chi connectivity index (χ4v) is 5.51. The van der Waals surface area contributed by atoms with Crippen molar-refractivity contribution in [2.24, 2.45) is 7.05 Å². The highest BCUT2D eigenvalue weighted by Gasteiger charge is 2.24. The second-order valence-corrected chi connectivity index (χ2v) is 10.9. The quantitative estimate of drug-likeness (QED) is 0.258. The lowest BCUT2D eigenvalue weighted by Gasteiger charge is -2.28. The first-order valence-electron chi connectivity index (χ1n) is 13.6. The van der Waals surface area contributed by atoms with Crippen LogP contribution in [0.2, 0.25) is 10.0 Å². The normalized spacial score (nSPS) is 16.5. The number of anilines is 1. The number of pyridine rings is 1. The van der Waals surface area contributed by atoms with Gasteiger partial charge >= 0.3 is 0 Å². The second kappa shape index (κ2) is 13.4.